The van der Waals surface area contributed by atoms with Crippen LogP contribution in [0, 0.1) is 3.57 Å². The van der Waals surface area contributed by atoms with Gasteiger partial charge in [-0.2, -0.15) is 0 Å². The maximum absolute atomic E-state index is 12.4. The van der Waals surface area contributed by atoms with E-state index >= 15 is 0 Å². The molecular formula is C14H18INO5. The third kappa shape index (κ3) is 5.50. The number of ether oxygens (including phenoxy) is 2. The lowest BCUT2D eigenvalue weighted by Crippen LogP contribution is -2.35. The second kappa shape index (κ2) is 8.83. The van der Waals surface area contributed by atoms with Crippen molar-refractivity contribution in [2.45, 2.75) is 6.42 Å². The molecule has 0 atom stereocenters. The van der Waals surface area contributed by atoms with E-state index in [0.29, 0.717) is 22.3 Å². The minimum atomic E-state index is -0.379. The maximum Gasteiger partial charge on any atom is 0.307 e. The molecule has 116 valence electrons. The highest BCUT2D eigenvalue weighted by atomic mass is 127. The van der Waals surface area contributed by atoms with Gasteiger partial charge in [-0.15, -0.1) is 0 Å². The standard InChI is InChI=1S/C14H18INO5/c1-20-8-7-16(6-5-13(18)21-2)14(19)10-3-4-11(15)12(17)9-10/h3-4,9,17H,5-8H2,1-2H3. The average Bonchev–Trinajstić information content (AvgIpc) is 2.49. The second-order valence-corrected chi connectivity index (χ2v) is 5.44. The van der Waals surface area contributed by atoms with Crippen molar-refractivity contribution in [3.05, 3.63) is 27.3 Å². The van der Waals surface area contributed by atoms with Gasteiger partial charge in [-0.1, -0.05) is 0 Å². The first kappa shape index (κ1) is 17.7. The third-order valence-electron chi connectivity index (χ3n) is 2.86. The van der Waals surface area contributed by atoms with Gasteiger partial charge in [0.2, 0.25) is 0 Å². The highest BCUT2D eigenvalue weighted by Gasteiger charge is 2.18. The van der Waals surface area contributed by atoms with E-state index in [9.17, 15) is 14.7 Å². The lowest BCUT2D eigenvalue weighted by molar-refractivity contribution is -0.140. The average molecular weight is 407 g/mol. The number of methoxy groups -OCH3 is 2. The minimum Gasteiger partial charge on any atom is -0.507 e. The van der Waals surface area contributed by atoms with Crippen LogP contribution in [-0.2, 0) is 14.3 Å². The lowest BCUT2D eigenvalue weighted by Gasteiger charge is -2.22. The summed E-state index contributed by atoms with van der Waals surface area (Å²) in [6.45, 7) is 0.962. The molecule has 0 saturated heterocycles. The summed E-state index contributed by atoms with van der Waals surface area (Å²) >= 11 is 1.98. The number of hydrogen-bond donors (Lipinski definition) is 1. The number of rotatable bonds is 7. The Bertz CT molecular complexity index is 506. The summed E-state index contributed by atoms with van der Waals surface area (Å²) < 4.78 is 10.2. The molecule has 1 aromatic carbocycles. The van der Waals surface area contributed by atoms with E-state index < -0.39 is 0 Å². The van der Waals surface area contributed by atoms with Gasteiger partial charge in [0.1, 0.15) is 5.75 Å². The fourth-order valence-corrected chi connectivity index (χ4v) is 2.01. The molecule has 7 heteroatoms. The molecule has 0 aliphatic heterocycles. The summed E-state index contributed by atoms with van der Waals surface area (Å²) in [6, 6.07) is 4.72. The molecule has 0 saturated carbocycles. The molecule has 6 nitrogen and oxygen atoms in total. The van der Waals surface area contributed by atoms with Gasteiger partial charge in [0.15, 0.2) is 0 Å². The van der Waals surface area contributed by atoms with E-state index in [-0.39, 0.29) is 30.6 Å². The number of phenols is 1. The van der Waals surface area contributed by atoms with Gasteiger partial charge in [-0.3, -0.25) is 9.59 Å². The molecule has 1 rings (SSSR count). The Labute approximate surface area is 137 Å². The summed E-state index contributed by atoms with van der Waals surface area (Å²) in [5, 5.41) is 9.69. The van der Waals surface area contributed by atoms with Crippen molar-refractivity contribution in [1.29, 1.82) is 0 Å². The van der Waals surface area contributed by atoms with E-state index in [4.69, 9.17) is 4.74 Å². The molecule has 0 fully saturated rings. The highest BCUT2D eigenvalue weighted by molar-refractivity contribution is 14.1. The number of esters is 1. The summed E-state index contributed by atoms with van der Waals surface area (Å²) in [5.41, 5.74) is 0.369. The number of halogens is 1. The van der Waals surface area contributed by atoms with Crippen LogP contribution in [0.15, 0.2) is 18.2 Å². The van der Waals surface area contributed by atoms with Gasteiger partial charge in [0.05, 0.1) is 23.7 Å². The van der Waals surface area contributed by atoms with Crippen molar-refractivity contribution >= 4 is 34.5 Å². The van der Waals surface area contributed by atoms with Crippen LogP contribution in [0.1, 0.15) is 16.8 Å². The van der Waals surface area contributed by atoms with Gasteiger partial charge in [0.25, 0.3) is 5.91 Å². The Kier molecular flexibility index (Phi) is 7.44. The molecule has 0 heterocycles. The first-order valence-electron chi connectivity index (χ1n) is 6.33. The normalized spacial score (nSPS) is 10.2. The monoisotopic (exact) mass is 407 g/mol. The molecule has 1 N–H and O–H groups in total. The quantitative estimate of drug-likeness (QED) is 0.550. The smallest absolute Gasteiger partial charge is 0.307 e. The van der Waals surface area contributed by atoms with E-state index in [1.165, 1.54) is 18.1 Å². The first-order chi connectivity index (χ1) is 9.99. The van der Waals surface area contributed by atoms with Crippen molar-refractivity contribution in [3.63, 3.8) is 0 Å². The largest absolute Gasteiger partial charge is 0.507 e. The van der Waals surface area contributed by atoms with Crippen molar-refractivity contribution < 1.29 is 24.2 Å². The molecular weight excluding hydrogens is 389 g/mol. The number of aromatic hydroxyl groups is 1. The molecule has 1 amide bonds. The summed E-state index contributed by atoms with van der Waals surface area (Å²) in [4.78, 5) is 25.1. The lowest BCUT2D eigenvalue weighted by atomic mass is 10.2. The molecule has 0 radical (unpaired) electrons. The molecule has 21 heavy (non-hydrogen) atoms. The van der Waals surface area contributed by atoms with E-state index in [0.717, 1.165) is 0 Å². The number of nitrogens with zero attached hydrogens (tertiary/aromatic N) is 1. The van der Waals surface area contributed by atoms with E-state index in [1.807, 2.05) is 22.6 Å². The number of hydrogen-bond acceptors (Lipinski definition) is 5. The summed E-state index contributed by atoms with van der Waals surface area (Å²) in [5.74, 6) is -0.584. The van der Waals surface area contributed by atoms with Crippen LogP contribution in [0.2, 0.25) is 0 Å². The van der Waals surface area contributed by atoms with Crippen LogP contribution in [0.25, 0.3) is 0 Å². The van der Waals surface area contributed by atoms with Crippen molar-refractivity contribution in [1.82, 2.24) is 4.90 Å². The van der Waals surface area contributed by atoms with Crippen molar-refractivity contribution in [3.8, 4) is 5.75 Å². The predicted octanol–water partition coefficient (Wildman–Crippen LogP) is 1.65. The summed E-state index contributed by atoms with van der Waals surface area (Å²) in [6.07, 6.45) is 0.113. The van der Waals surface area contributed by atoms with Gasteiger partial charge in [0, 0.05) is 25.8 Å². The first-order valence-corrected chi connectivity index (χ1v) is 7.41. The molecule has 0 aliphatic rings. The van der Waals surface area contributed by atoms with Gasteiger partial charge in [-0.25, -0.2) is 0 Å². The summed E-state index contributed by atoms with van der Waals surface area (Å²) in [7, 11) is 2.85. The second-order valence-electron chi connectivity index (χ2n) is 4.28. The Morgan fingerprint density at radius 3 is 2.57 bits per heavy atom. The topological polar surface area (TPSA) is 76.1 Å². The molecule has 0 bridgehead atoms. The molecule has 1 aromatic rings. The molecule has 0 aromatic heterocycles. The Morgan fingerprint density at radius 1 is 1.29 bits per heavy atom. The van der Waals surface area contributed by atoms with Gasteiger partial charge >= 0.3 is 5.97 Å². The fraction of sp³-hybridized carbons (Fsp3) is 0.429. The highest BCUT2D eigenvalue weighted by Crippen LogP contribution is 2.21. The van der Waals surface area contributed by atoms with Crippen LogP contribution >= 0.6 is 22.6 Å². The maximum atomic E-state index is 12.4. The zero-order valence-electron chi connectivity index (χ0n) is 12.0. The Balaban J connectivity index is 2.82. The van der Waals surface area contributed by atoms with Gasteiger partial charge in [-0.05, 0) is 40.8 Å². The van der Waals surface area contributed by atoms with Crippen molar-refractivity contribution in [2.75, 3.05) is 33.9 Å². The van der Waals surface area contributed by atoms with Crippen LogP contribution < -0.4 is 0 Å². The van der Waals surface area contributed by atoms with E-state index in [2.05, 4.69) is 4.74 Å². The number of benzene rings is 1. The number of phenolic OH excluding ortho intramolecular Hbond substituents is 1. The molecule has 0 spiro atoms. The zero-order chi connectivity index (χ0) is 15.8. The van der Waals surface area contributed by atoms with Crippen LogP contribution in [0.4, 0.5) is 0 Å². The third-order valence-corrected chi connectivity index (χ3v) is 3.77. The zero-order valence-corrected chi connectivity index (χ0v) is 14.1. The van der Waals surface area contributed by atoms with Gasteiger partial charge < -0.3 is 19.5 Å². The van der Waals surface area contributed by atoms with Crippen molar-refractivity contribution in [2.24, 2.45) is 0 Å². The van der Waals surface area contributed by atoms with Crippen LogP contribution in [-0.4, -0.2) is 55.8 Å². The van der Waals surface area contributed by atoms with E-state index in [1.54, 1.807) is 19.2 Å². The number of carbonyl (C=O) groups excluding carboxylic acids is 2. The van der Waals surface area contributed by atoms with Crippen LogP contribution in [0.3, 0.4) is 0 Å². The Morgan fingerprint density at radius 2 is 2.00 bits per heavy atom. The number of amides is 1. The fourth-order valence-electron chi connectivity index (χ4n) is 1.67. The molecule has 0 unspecified atom stereocenters. The predicted molar refractivity (Wildman–Crippen MR) is 85.2 cm³/mol. The Hall–Kier alpha value is -1.35. The number of carbonyl (C=O) groups is 2. The SMILES string of the molecule is COCCN(CCC(=O)OC)C(=O)c1ccc(I)c(O)c1. The minimum absolute atomic E-state index is 0.0566. The van der Waals surface area contributed by atoms with Crippen LogP contribution in [0.5, 0.6) is 5.75 Å². The molecule has 0 aliphatic carbocycles.